The van der Waals surface area contributed by atoms with E-state index in [4.69, 9.17) is 0 Å². The fourth-order valence-corrected chi connectivity index (χ4v) is 3.35. The fourth-order valence-electron chi connectivity index (χ4n) is 2.39. The monoisotopic (exact) mass is 321 g/mol. The molecule has 0 radical (unpaired) electrons. The van der Waals surface area contributed by atoms with Crippen LogP contribution in [0.25, 0.3) is 16.9 Å². The Balaban J connectivity index is 1.93. The standard InChI is InChI=1S/C18H12FN3S/c19-14-9-10-15-21-17(13-6-2-1-3-7-13)18(22(15)12-14)23-16-8-4-5-11-20-16/h1-12H. The molecule has 3 aromatic heterocycles. The van der Waals surface area contributed by atoms with Gasteiger partial charge in [-0.3, -0.25) is 4.40 Å². The third kappa shape index (κ3) is 2.71. The van der Waals surface area contributed by atoms with Crippen molar-refractivity contribution < 1.29 is 4.39 Å². The van der Waals surface area contributed by atoms with Gasteiger partial charge in [0.15, 0.2) is 0 Å². The molecule has 0 bridgehead atoms. The minimum Gasteiger partial charge on any atom is -0.291 e. The van der Waals surface area contributed by atoms with Crippen LogP contribution in [0.15, 0.2) is 83.1 Å². The first-order chi connectivity index (χ1) is 11.3. The van der Waals surface area contributed by atoms with Crippen LogP contribution in [-0.2, 0) is 0 Å². The van der Waals surface area contributed by atoms with E-state index >= 15 is 0 Å². The smallest absolute Gasteiger partial charge is 0.139 e. The molecule has 0 saturated heterocycles. The van der Waals surface area contributed by atoms with Gasteiger partial charge in [-0.2, -0.15) is 0 Å². The lowest BCUT2D eigenvalue weighted by Crippen LogP contribution is -1.90. The fraction of sp³-hybridized carbons (Fsp3) is 0. The normalized spacial score (nSPS) is 11.0. The maximum atomic E-state index is 13.7. The number of halogens is 1. The number of imidazole rings is 1. The van der Waals surface area contributed by atoms with E-state index in [0.717, 1.165) is 21.3 Å². The van der Waals surface area contributed by atoms with E-state index in [1.165, 1.54) is 24.0 Å². The molecule has 4 rings (SSSR count). The van der Waals surface area contributed by atoms with Crippen molar-refractivity contribution in [2.24, 2.45) is 0 Å². The lowest BCUT2D eigenvalue weighted by Gasteiger charge is -2.04. The van der Waals surface area contributed by atoms with Gasteiger partial charge in [0.2, 0.25) is 0 Å². The molecule has 0 N–H and O–H groups in total. The van der Waals surface area contributed by atoms with Crippen LogP contribution in [0.5, 0.6) is 0 Å². The van der Waals surface area contributed by atoms with Crippen LogP contribution in [0.3, 0.4) is 0 Å². The Hall–Kier alpha value is -2.66. The number of rotatable bonds is 3. The highest BCUT2D eigenvalue weighted by Gasteiger charge is 2.16. The van der Waals surface area contributed by atoms with Crippen molar-refractivity contribution in [3.8, 4) is 11.3 Å². The van der Waals surface area contributed by atoms with Gasteiger partial charge in [0.1, 0.15) is 27.2 Å². The molecule has 0 unspecified atom stereocenters. The second kappa shape index (κ2) is 5.85. The second-order valence-electron chi connectivity index (χ2n) is 4.98. The van der Waals surface area contributed by atoms with Crippen LogP contribution in [0.4, 0.5) is 4.39 Å². The minimum atomic E-state index is -0.294. The molecule has 3 nitrogen and oxygen atoms in total. The van der Waals surface area contributed by atoms with Crippen LogP contribution >= 0.6 is 11.8 Å². The van der Waals surface area contributed by atoms with E-state index in [9.17, 15) is 4.39 Å². The molecule has 5 heteroatoms. The molecular weight excluding hydrogens is 309 g/mol. The summed E-state index contributed by atoms with van der Waals surface area (Å²) in [7, 11) is 0. The zero-order chi connectivity index (χ0) is 15.6. The first-order valence-corrected chi connectivity index (χ1v) is 7.95. The molecule has 0 aliphatic carbocycles. The Morgan fingerprint density at radius 3 is 2.52 bits per heavy atom. The van der Waals surface area contributed by atoms with Crippen molar-refractivity contribution in [2.45, 2.75) is 10.1 Å². The Morgan fingerprint density at radius 2 is 1.74 bits per heavy atom. The maximum Gasteiger partial charge on any atom is 0.139 e. The van der Waals surface area contributed by atoms with Gasteiger partial charge >= 0.3 is 0 Å². The quantitative estimate of drug-likeness (QED) is 0.548. The first kappa shape index (κ1) is 14.0. The predicted octanol–water partition coefficient (Wildman–Crippen LogP) is 4.69. The lowest BCUT2D eigenvalue weighted by atomic mass is 10.2. The summed E-state index contributed by atoms with van der Waals surface area (Å²) in [5.74, 6) is -0.294. The molecule has 0 aliphatic heterocycles. The van der Waals surface area contributed by atoms with Crippen molar-refractivity contribution in [1.29, 1.82) is 0 Å². The molecule has 4 aromatic rings. The van der Waals surface area contributed by atoms with Crippen molar-refractivity contribution in [3.63, 3.8) is 0 Å². The van der Waals surface area contributed by atoms with Gasteiger partial charge in [0, 0.05) is 18.0 Å². The number of pyridine rings is 2. The highest BCUT2D eigenvalue weighted by atomic mass is 32.2. The minimum absolute atomic E-state index is 0.294. The van der Waals surface area contributed by atoms with E-state index in [-0.39, 0.29) is 5.82 Å². The maximum absolute atomic E-state index is 13.7. The average molecular weight is 321 g/mol. The third-order valence-electron chi connectivity index (χ3n) is 3.42. The van der Waals surface area contributed by atoms with E-state index < -0.39 is 0 Å². The lowest BCUT2D eigenvalue weighted by molar-refractivity contribution is 0.617. The van der Waals surface area contributed by atoms with Gasteiger partial charge in [-0.15, -0.1) is 0 Å². The van der Waals surface area contributed by atoms with E-state index in [2.05, 4.69) is 9.97 Å². The van der Waals surface area contributed by atoms with Crippen LogP contribution in [0.2, 0.25) is 0 Å². The number of hydrogen-bond donors (Lipinski definition) is 0. The molecule has 23 heavy (non-hydrogen) atoms. The van der Waals surface area contributed by atoms with Crippen LogP contribution in [0, 0.1) is 5.82 Å². The van der Waals surface area contributed by atoms with Gasteiger partial charge < -0.3 is 0 Å². The zero-order valence-corrected chi connectivity index (χ0v) is 12.9. The largest absolute Gasteiger partial charge is 0.291 e. The molecule has 1 aromatic carbocycles. The molecule has 0 spiro atoms. The molecular formula is C18H12FN3S. The van der Waals surface area contributed by atoms with E-state index in [1.54, 1.807) is 16.7 Å². The topological polar surface area (TPSA) is 30.2 Å². The molecule has 0 saturated carbocycles. The van der Waals surface area contributed by atoms with Crippen molar-refractivity contribution in [2.75, 3.05) is 0 Å². The van der Waals surface area contributed by atoms with Crippen molar-refractivity contribution >= 4 is 17.4 Å². The van der Waals surface area contributed by atoms with Gasteiger partial charge in [0.05, 0.1) is 0 Å². The summed E-state index contributed by atoms with van der Waals surface area (Å²) in [6.45, 7) is 0. The number of benzene rings is 1. The SMILES string of the molecule is Fc1ccc2nc(-c3ccccc3)c(Sc3ccccn3)n2c1. The third-order valence-corrected chi connectivity index (χ3v) is 4.46. The van der Waals surface area contributed by atoms with E-state index in [1.807, 2.05) is 48.5 Å². The molecule has 0 amide bonds. The molecule has 0 aliphatic rings. The highest BCUT2D eigenvalue weighted by molar-refractivity contribution is 7.99. The Morgan fingerprint density at radius 1 is 0.913 bits per heavy atom. The molecule has 0 fully saturated rings. The molecule has 112 valence electrons. The average Bonchev–Trinajstić information content (AvgIpc) is 2.95. The van der Waals surface area contributed by atoms with E-state index in [0.29, 0.717) is 5.65 Å². The Bertz CT molecular complexity index is 952. The van der Waals surface area contributed by atoms with Crippen molar-refractivity contribution in [3.05, 3.63) is 78.9 Å². The predicted molar refractivity (Wildman–Crippen MR) is 88.9 cm³/mol. The number of nitrogens with zero attached hydrogens (tertiary/aromatic N) is 3. The zero-order valence-electron chi connectivity index (χ0n) is 12.1. The summed E-state index contributed by atoms with van der Waals surface area (Å²) >= 11 is 1.48. The van der Waals surface area contributed by atoms with Crippen LogP contribution in [0.1, 0.15) is 0 Å². The Kier molecular flexibility index (Phi) is 3.55. The summed E-state index contributed by atoms with van der Waals surface area (Å²) < 4.78 is 15.5. The molecule has 3 heterocycles. The number of hydrogen-bond acceptors (Lipinski definition) is 3. The summed E-state index contributed by atoms with van der Waals surface area (Å²) in [6.07, 6.45) is 3.20. The summed E-state index contributed by atoms with van der Waals surface area (Å²) in [6, 6.07) is 18.7. The number of fused-ring (bicyclic) bond motifs is 1. The van der Waals surface area contributed by atoms with Gasteiger partial charge in [-0.1, -0.05) is 36.4 Å². The van der Waals surface area contributed by atoms with Gasteiger partial charge in [-0.25, -0.2) is 14.4 Å². The molecule has 0 atom stereocenters. The first-order valence-electron chi connectivity index (χ1n) is 7.13. The summed E-state index contributed by atoms with van der Waals surface area (Å²) in [5.41, 5.74) is 2.53. The van der Waals surface area contributed by atoms with Crippen LogP contribution in [-0.4, -0.2) is 14.4 Å². The summed E-state index contributed by atoms with van der Waals surface area (Å²) in [4.78, 5) is 9.01. The summed E-state index contributed by atoms with van der Waals surface area (Å²) in [5, 5.41) is 1.69. The number of aromatic nitrogens is 3. The Labute approximate surface area is 136 Å². The van der Waals surface area contributed by atoms with Gasteiger partial charge in [-0.05, 0) is 36.0 Å². The van der Waals surface area contributed by atoms with Crippen LogP contribution < -0.4 is 0 Å². The highest BCUT2D eigenvalue weighted by Crippen LogP contribution is 2.35. The van der Waals surface area contributed by atoms with Crippen molar-refractivity contribution in [1.82, 2.24) is 14.4 Å². The van der Waals surface area contributed by atoms with Gasteiger partial charge in [0.25, 0.3) is 0 Å². The second-order valence-corrected chi connectivity index (χ2v) is 5.99.